The van der Waals surface area contributed by atoms with Gasteiger partial charge in [-0.3, -0.25) is 0 Å². The molecule has 0 saturated carbocycles. The Morgan fingerprint density at radius 3 is 2.90 bits per heavy atom. The summed E-state index contributed by atoms with van der Waals surface area (Å²) < 4.78 is 19.1. The quantitative estimate of drug-likeness (QED) is 0.914. The van der Waals surface area contributed by atoms with Crippen LogP contribution in [0.1, 0.15) is 24.7 Å². The minimum atomic E-state index is -0.367. The highest BCUT2D eigenvalue weighted by molar-refractivity contribution is 9.10. The Morgan fingerprint density at radius 1 is 1.38 bits per heavy atom. The number of halogens is 2. The second kappa shape index (κ2) is 6.21. The number of nitrogens with zero attached hydrogens (tertiary/aromatic N) is 3. The molecule has 0 aliphatic carbocycles. The molecule has 0 bridgehead atoms. The summed E-state index contributed by atoms with van der Waals surface area (Å²) in [6, 6.07) is 4.39. The first kappa shape index (κ1) is 14.6. The lowest BCUT2D eigenvalue weighted by molar-refractivity contribution is 0.306. The molecule has 1 fully saturated rings. The van der Waals surface area contributed by atoms with E-state index in [4.69, 9.17) is 10.3 Å². The van der Waals surface area contributed by atoms with Gasteiger partial charge < -0.3 is 15.2 Å². The molecular formula is C14H16BrFN4O. The van der Waals surface area contributed by atoms with Crippen LogP contribution < -0.4 is 5.73 Å². The molecular weight excluding hydrogens is 339 g/mol. The number of likely N-dealkylation sites (tertiary alicyclic amines) is 1. The van der Waals surface area contributed by atoms with E-state index in [1.807, 2.05) is 0 Å². The molecule has 1 atom stereocenters. The third-order valence-electron chi connectivity index (χ3n) is 3.61. The van der Waals surface area contributed by atoms with Gasteiger partial charge in [0.15, 0.2) is 5.82 Å². The highest BCUT2D eigenvalue weighted by atomic mass is 79.9. The molecule has 0 radical (unpaired) electrons. The van der Waals surface area contributed by atoms with Crippen molar-refractivity contribution in [3.05, 3.63) is 34.3 Å². The molecule has 0 spiro atoms. The van der Waals surface area contributed by atoms with Crippen LogP contribution in [0.3, 0.4) is 0 Å². The van der Waals surface area contributed by atoms with Gasteiger partial charge in [0.05, 0.1) is 16.1 Å². The Balaban J connectivity index is 1.77. The fraction of sp³-hybridized carbons (Fsp3) is 0.429. The Kier molecular flexibility index (Phi) is 4.32. The van der Waals surface area contributed by atoms with E-state index < -0.39 is 0 Å². The molecule has 1 unspecified atom stereocenters. The van der Waals surface area contributed by atoms with Gasteiger partial charge in [0.2, 0.25) is 0 Å². The molecule has 2 heterocycles. The van der Waals surface area contributed by atoms with Crippen molar-refractivity contribution in [1.82, 2.24) is 15.0 Å². The van der Waals surface area contributed by atoms with Gasteiger partial charge in [0.1, 0.15) is 5.82 Å². The Hall–Kier alpha value is -1.31. The fourth-order valence-corrected chi connectivity index (χ4v) is 2.92. The first-order valence-electron chi connectivity index (χ1n) is 6.91. The molecule has 0 amide bonds. The summed E-state index contributed by atoms with van der Waals surface area (Å²) in [6.45, 7) is 2.84. The van der Waals surface area contributed by atoms with Crippen LogP contribution in [0.4, 0.5) is 4.39 Å². The second-order valence-corrected chi connectivity index (χ2v) is 5.97. The van der Waals surface area contributed by atoms with Crippen molar-refractivity contribution in [2.75, 3.05) is 19.6 Å². The maximum atomic E-state index is 13.5. The first-order valence-corrected chi connectivity index (χ1v) is 7.70. The van der Waals surface area contributed by atoms with Crippen LogP contribution in [0.25, 0.3) is 11.5 Å². The van der Waals surface area contributed by atoms with Crippen LogP contribution in [0.2, 0.25) is 0 Å². The molecule has 3 rings (SSSR count). The SMILES string of the molecule is NC(CN1CCCC1)c1noc(-c2cccc(F)c2Br)n1. The molecule has 2 aromatic rings. The van der Waals surface area contributed by atoms with Gasteiger partial charge in [0, 0.05) is 6.54 Å². The van der Waals surface area contributed by atoms with E-state index in [-0.39, 0.29) is 17.7 Å². The summed E-state index contributed by atoms with van der Waals surface area (Å²) >= 11 is 3.19. The number of nitrogens with two attached hydrogens (primary N) is 1. The van der Waals surface area contributed by atoms with Crippen molar-refractivity contribution in [3.63, 3.8) is 0 Å². The van der Waals surface area contributed by atoms with Gasteiger partial charge in [0.25, 0.3) is 5.89 Å². The average molecular weight is 355 g/mol. The summed E-state index contributed by atoms with van der Waals surface area (Å²) in [4.78, 5) is 6.59. The lowest BCUT2D eigenvalue weighted by Gasteiger charge is -2.17. The van der Waals surface area contributed by atoms with Crippen LogP contribution in [0.15, 0.2) is 27.2 Å². The van der Waals surface area contributed by atoms with Crippen LogP contribution in [-0.2, 0) is 0 Å². The van der Waals surface area contributed by atoms with Crippen LogP contribution in [0, 0.1) is 5.82 Å². The van der Waals surface area contributed by atoms with E-state index in [1.165, 1.54) is 18.9 Å². The zero-order chi connectivity index (χ0) is 14.8. The molecule has 5 nitrogen and oxygen atoms in total. The lowest BCUT2D eigenvalue weighted by atomic mass is 10.2. The molecule has 112 valence electrons. The molecule has 21 heavy (non-hydrogen) atoms. The predicted molar refractivity (Wildman–Crippen MR) is 80.0 cm³/mol. The molecule has 1 aromatic carbocycles. The maximum Gasteiger partial charge on any atom is 0.259 e. The number of benzene rings is 1. The molecule has 1 saturated heterocycles. The highest BCUT2D eigenvalue weighted by Gasteiger charge is 2.21. The van der Waals surface area contributed by atoms with Crippen molar-refractivity contribution in [2.24, 2.45) is 5.73 Å². The zero-order valence-corrected chi connectivity index (χ0v) is 13.0. The molecule has 1 aromatic heterocycles. The monoisotopic (exact) mass is 354 g/mol. The van der Waals surface area contributed by atoms with Gasteiger partial charge in [-0.05, 0) is 54.0 Å². The maximum absolute atomic E-state index is 13.5. The molecule has 1 aliphatic heterocycles. The highest BCUT2D eigenvalue weighted by Crippen LogP contribution is 2.29. The predicted octanol–water partition coefficient (Wildman–Crippen LogP) is 2.73. The fourth-order valence-electron chi connectivity index (χ4n) is 2.49. The third-order valence-corrected chi connectivity index (χ3v) is 4.41. The number of hydrogen-bond acceptors (Lipinski definition) is 5. The van der Waals surface area contributed by atoms with E-state index in [2.05, 4.69) is 31.0 Å². The van der Waals surface area contributed by atoms with Gasteiger partial charge in [-0.2, -0.15) is 4.98 Å². The van der Waals surface area contributed by atoms with Gasteiger partial charge >= 0.3 is 0 Å². The average Bonchev–Trinajstić information content (AvgIpc) is 3.12. The van der Waals surface area contributed by atoms with E-state index in [0.29, 0.717) is 22.4 Å². The van der Waals surface area contributed by atoms with Crippen LogP contribution in [-0.4, -0.2) is 34.7 Å². The van der Waals surface area contributed by atoms with Crippen LogP contribution in [0.5, 0.6) is 0 Å². The molecule has 7 heteroatoms. The number of aromatic nitrogens is 2. The second-order valence-electron chi connectivity index (χ2n) is 5.17. The van der Waals surface area contributed by atoms with E-state index in [9.17, 15) is 4.39 Å². The van der Waals surface area contributed by atoms with E-state index in [0.717, 1.165) is 13.1 Å². The largest absolute Gasteiger partial charge is 0.334 e. The summed E-state index contributed by atoms with van der Waals surface area (Å²) in [5, 5.41) is 3.92. The number of hydrogen-bond donors (Lipinski definition) is 1. The number of rotatable bonds is 4. The van der Waals surface area contributed by atoms with Gasteiger partial charge in [-0.15, -0.1) is 0 Å². The zero-order valence-electron chi connectivity index (χ0n) is 11.4. The minimum Gasteiger partial charge on any atom is -0.334 e. The first-order chi connectivity index (χ1) is 10.1. The summed E-state index contributed by atoms with van der Waals surface area (Å²) in [6.07, 6.45) is 2.42. The van der Waals surface area contributed by atoms with Gasteiger partial charge in [-0.1, -0.05) is 11.2 Å². The van der Waals surface area contributed by atoms with Crippen molar-refractivity contribution in [2.45, 2.75) is 18.9 Å². The Bertz CT molecular complexity index is 627. The minimum absolute atomic E-state index is 0.272. The Labute approximate surface area is 130 Å². The van der Waals surface area contributed by atoms with Crippen molar-refractivity contribution < 1.29 is 8.91 Å². The van der Waals surface area contributed by atoms with Crippen molar-refractivity contribution >= 4 is 15.9 Å². The normalized spacial score (nSPS) is 17.3. The van der Waals surface area contributed by atoms with E-state index in [1.54, 1.807) is 12.1 Å². The topological polar surface area (TPSA) is 68.2 Å². The summed E-state index contributed by atoms with van der Waals surface area (Å²) in [7, 11) is 0. The van der Waals surface area contributed by atoms with Crippen molar-refractivity contribution in [1.29, 1.82) is 0 Å². The molecule has 1 aliphatic rings. The smallest absolute Gasteiger partial charge is 0.259 e. The molecule has 2 N–H and O–H groups in total. The van der Waals surface area contributed by atoms with Crippen LogP contribution >= 0.6 is 15.9 Å². The Morgan fingerprint density at radius 2 is 2.14 bits per heavy atom. The van der Waals surface area contributed by atoms with Crippen molar-refractivity contribution in [3.8, 4) is 11.5 Å². The van der Waals surface area contributed by atoms with E-state index >= 15 is 0 Å². The third kappa shape index (κ3) is 3.14. The van der Waals surface area contributed by atoms with Gasteiger partial charge in [-0.25, -0.2) is 4.39 Å². The lowest BCUT2D eigenvalue weighted by Crippen LogP contribution is -2.30. The summed E-state index contributed by atoms with van der Waals surface area (Å²) in [5.74, 6) is 0.356. The standard InChI is InChI=1S/C14H16BrFN4O/c15-12-9(4-3-5-10(12)16)14-18-13(19-21-14)11(17)8-20-6-1-2-7-20/h3-5,11H,1-2,6-8,17H2. The summed E-state index contributed by atoms with van der Waals surface area (Å²) in [5.41, 5.74) is 6.65.